The molecule has 2 atom stereocenters. The third-order valence-corrected chi connectivity index (χ3v) is 4.78. The number of amides is 1. The van der Waals surface area contributed by atoms with Crippen molar-refractivity contribution in [2.24, 2.45) is 0 Å². The Bertz CT molecular complexity index is 688. The predicted octanol–water partition coefficient (Wildman–Crippen LogP) is -0.736. The summed E-state index contributed by atoms with van der Waals surface area (Å²) in [4.78, 5) is 23.4. The van der Waals surface area contributed by atoms with Crippen LogP contribution < -0.4 is 10.0 Å². The molecule has 3 N–H and O–H groups in total. The first kappa shape index (κ1) is 21.0. The zero-order valence-corrected chi connectivity index (χ0v) is 15.0. The van der Waals surface area contributed by atoms with Gasteiger partial charge in [-0.3, -0.25) is 4.79 Å². The van der Waals surface area contributed by atoms with Crippen molar-refractivity contribution in [2.75, 3.05) is 27.4 Å². The van der Waals surface area contributed by atoms with Gasteiger partial charge < -0.3 is 19.9 Å². The highest BCUT2D eigenvalue weighted by Crippen LogP contribution is 2.11. The van der Waals surface area contributed by atoms with Crippen LogP contribution in [-0.2, 0) is 24.3 Å². The molecule has 0 aliphatic heterocycles. The van der Waals surface area contributed by atoms with Crippen LogP contribution in [0.15, 0.2) is 29.2 Å². The van der Waals surface area contributed by atoms with E-state index in [4.69, 9.17) is 9.84 Å². The fraction of sp³-hybridized carbons (Fsp3) is 0.467. The van der Waals surface area contributed by atoms with E-state index >= 15 is 0 Å². The Hall–Kier alpha value is -2.01. The summed E-state index contributed by atoms with van der Waals surface area (Å²) in [6.45, 7) is 1.26. The van der Waals surface area contributed by atoms with Gasteiger partial charge in [0, 0.05) is 18.7 Å². The van der Waals surface area contributed by atoms with E-state index in [1.165, 1.54) is 31.4 Å². The van der Waals surface area contributed by atoms with Crippen molar-refractivity contribution in [3.05, 3.63) is 29.8 Å². The first-order valence-corrected chi connectivity index (χ1v) is 8.84. The third kappa shape index (κ3) is 6.09. The Morgan fingerprint density at radius 3 is 2.28 bits per heavy atom. The summed E-state index contributed by atoms with van der Waals surface area (Å²) in [5.74, 6) is -1.43. The van der Waals surface area contributed by atoms with Gasteiger partial charge in [-0.25, -0.2) is 17.9 Å². The van der Waals surface area contributed by atoms with Gasteiger partial charge in [-0.15, -0.1) is 0 Å². The number of hydrogen-bond donors (Lipinski definition) is 3. The Balaban J connectivity index is 2.84. The molecule has 1 aromatic rings. The lowest BCUT2D eigenvalue weighted by Crippen LogP contribution is -2.44. The van der Waals surface area contributed by atoms with Crippen molar-refractivity contribution in [1.82, 2.24) is 10.0 Å². The lowest BCUT2D eigenvalue weighted by molar-refractivity contribution is -0.143. The predicted molar refractivity (Wildman–Crippen MR) is 88.5 cm³/mol. The fourth-order valence-corrected chi connectivity index (χ4v) is 3.19. The van der Waals surface area contributed by atoms with Gasteiger partial charge in [-0.2, -0.15) is 0 Å². The van der Waals surface area contributed by atoms with Crippen molar-refractivity contribution >= 4 is 21.9 Å². The number of ether oxygens (including phenoxy) is 2. The number of benzene rings is 1. The van der Waals surface area contributed by atoms with Gasteiger partial charge in [-0.05, 0) is 31.2 Å². The lowest BCUT2D eigenvalue weighted by atomic mass is 10.2. The van der Waals surface area contributed by atoms with Gasteiger partial charge in [0.25, 0.3) is 5.91 Å². The molecule has 1 amide bonds. The van der Waals surface area contributed by atoms with Gasteiger partial charge in [0.2, 0.25) is 10.0 Å². The van der Waals surface area contributed by atoms with Gasteiger partial charge >= 0.3 is 5.97 Å². The number of aliphatic hydroxyl groups excluding tert-OH is 1. The third-order valence-electron chi connectivity index (χ3n) is 3.17. The zero-order valence-electron chi connectivity index (χ0n) is 14.2. The van der Waals surface area contributed by atoms with E-state index in [2.05, 4.69) is 14.8 Å². The molecule has 25 heavy (non-hydrogen) atoms. The van der Waals surface area contributed by atoms with Crippen LogP contribution in [0.25, 0.3) is 0 Å². The number of rotatable bonds is 9. The fourth-order valence-electron chi connectivity index (χ4n) is 1.97. The first-order chi connectivity index (χ1) is 11.7. The van der Waals surface area contributed by atoms with Gasteiger partial charge in [0.05, 0.1) is 25.2 Å². The number of hydrogen-bond acceptors (Lipinski definition) is 7. The van der Waals surface area contributed by atoms with E-state index < -0.39 is 40.6 Å². The monoisotopic (exact) mass is 374 g/mol. The maximum atomic E-state index is 12.2. The SMILES string of the molecule is COC[C@@H](C)NS(=O)(=O)c1ccc(C(=O)N[C@H](CO)C(=O)OC)cc1. The average Bonchev–Trinajstić information content (AvgIpc) is 2.58. The van der Waals surface area contributed by atoms with Crippen molar-refractivity contribution in [2.45, 2.75) is 23.9 Å². The van der Waals surface area contributed by atoms with E-state index in [0.717, 1.165) is 7.11 Å². The molecule has 0 saturated carbocycles. The van der Waals surface area contributed by atoms with Crippen molar-refractivity contribution in [3.63, 3.8) is 0 Å². The van der Waals surface area contributed by atoms with Gasteiger partial charge in [0.15, 0.2) is 6.04 Å². The normalized spacial score (nSPS) is 13.8. The van der Waals surface area contributed by atoms with E-state index in [1.54, 1.807) is 6.92 Å². The molecule has 0 aliphatic carbocycles. The van der Waals surface area contributed by atoms with Crippen molar-refractivity contribution in [3.8, 4) is 0 Å². The van der Waals surface area contributed by atoms with Crippen molar-refractivity contribution < 1.29 is 32.6 Å². The number of nitrogens with one attached hydrogen (secondary N) is 2. The highest BCUT2D eigenvalue weighted by atomic mass is 32.2. The molecule has 0 saturated heterocycles. The molecule has 1 rings (SSSR count). The first-order valence-electron chi connectivity index (χ1n) is 7.36. The summed E-state index contributed by atoms with van der Waals surface area (Å²) >= 11 is 0. The van der Waals surface area contributed by atoms with Crippen LogP contribution in [0, 0.1) is 0 Å². The molecule has 10 heteroatoms. The number of methoxy groups -OCH3 is 2. The topological polar surface area (TPSA) is 131 Å². The Morgan fingerprint density at radius 1 is 1.20 bits per heavy atom. The quantitative estimate of drug-likeness (QED) is 0.485. The van der Waals surface area contributed by atoms with Gasteiger partial charge in [-0.1, -0.05) is 0 Å². The zero-order chi connectivity index (χ0) is 19.0. The van der Waals surface area contributed by atoms with E-state index in [0.29, 0.717) is 0 Å². The van der Waals surface area contributed by atoms with E-state index in [-0.39, 0.29) is 17.1 Å². The van der Waals surface area contributed by atoms with Crippen LogP contribution >= 0.6 is 0 Å². The summed E-state index contributed by atoms with van der Waals surface area (Å²) < 4.78 is 36.1. The molecule has 0 radical (unpaired) electrons. The minimum atomic E-state index is -3.75. The average molecular weight is 374 g/mol. The Morgan fingerprint density at radius 2 is 1.80 bits per heavy atom. The molecule has 0 unspecified atom stereocenters. The summed E-state index contributed by atoms with van der Waals surface area (Å²) in [6.07, 6.45) is 0. The Labute approximate surface area is 146 Å². The van der Waals surface area contributed by atoms with Gasteiger partial charge in [0.1, 0.15) is 0 Å². The van der Waals surface area contributed by atoms with Crippen LogP contribution in [0.5, 0.6) is 0 Å². The maximum absolute atomic E-state index is 12.2. The minimum absolute atomic E-state index is 0.0151. The number of carbonyl (C=O) groups is 2. The standard InChI is InChI=1S/C15H22N2O7S/c1-10(9-23-2)17-25(21,22)12-6-4-11(5-7-12)14(19)16-13(8-18)15(20)24-3/h4-7,10,13,17-18H,8-9H2,1-3H3,(H,16,19)/t10-,13-/m1/s1. The molecule has 0 bridgehead atoms. The lowest BCUT2D eigenvalue weighted by Gasteiger charge is -2.15. The second kappa shape index (κ2) is 9.47. The van der Waals surface area contributed by atoms with Crippen LogP contribution in [0.4, 0.5) is 0 Å². The second-order valence-electron chi connectivity index (χ2n) is 5.23. The summed E-state index contributed by atoms with van der Waals surface area (Å²) in [6, 6.07) is 3.53. The largest absolute Gasteiger partial charge is 0.467 e. The van der Waals surface area contributed by atoms with Crippen LogP contribution in [0.2, 0.25) is 0 Å². The number of sulfonamides is 1. The highest BCUT2D eigenvalue weighted by Gasteiger charge is 2.22. The van der Waals surface area contributed by atoms with Crippen LogP contribution in [-0.4, -0.2) is 64.9 Å². The summed E-state index contributed by atoms with van der Waals surface area (Å²) in [5, 5.41) is 11.4. The number of aliphatic hydroxyl groups is 1. The minimum Gasteiger partial charge on any atom is -0.467 e. The number of esters is 1. The maximum Gasteiger partial charge on any atom is 0.330 e. The molecule has 0 heterocycles. The number of carbonyl (C=O) groups excluding carboxylic acids is 2. The summed E-state index contributed by atoms with van der Waals surface area (Å²) in [5.41, 5.74) is 0.131. The molecule has 140 valence electrons. The summed E-state index contributed by atoms with van der Waals surface area (Å²) in [7, 11) is -1.15. The Kier molecular flexibility index (Phi) is 7.97. The molecule has 0 fully saturated rings. The van der Waals surface area contributed by atoms with E-state index in [1.807, 2.05) is 0 Å². The van der Waals surface area contributed by atoms with Crippen LogP contribution in [0.3, 0.4) is 0 Å². The van der Waals surface area contributed by atoms with E-state index in [9.17, 15) is 18.0 Å². The van der Waals surface area contributed by atoms with Crippen LogP contribution in [0.1, 0.15) is 17.3 Å². The second-order valence-corrected chi connectivity index (χ2v) is 6.95. The molecular weight excluding hydrogens is 352 g/mol. The molecule has 9 nitrogen and oxygen atoms in total. The highest BCUT2D eigenvalue weighted by molar-refractivity contribution is 7.89. The molecule has 0 aromatic heterocycles. The smallest absolute Gasteiger partial charge is 0.330 e. The molecule has 0 spiro atoms. The molecule has 1 aromatic carbocycles. The molecular formula is C15H22N2O7S. The van der Waals surface area contributed by atoms with Crippen molar-refractivity contribution in [1.29, 1.82) is 0 Å². The molecule has 0 aliphatic rings.